The van der Waals surface area contributed by atoms with Crippen molar-refractivity contribution in [1.29, 1.82) is 0 Å². The molecule has 0 aliphatic heterocycles. The molecule has 10 heavy (non-hydrogen) atoms. The van der Waals surface area contributed by atoms with Crippen LogP contribution in [0, 0.1) is 10.1 Å². The molecule has 1 N–H and O–H groups in total. The standard InChI is InChI=1S/C5H11NO4/c1-5(7)3-2-4-10-6(8)9/h5,7H,2-4H2,1H3. The van der Waals surface area contributed by atoms with Crippen molar-refractivity contribution in [3.63, 3.8) is 0 Å². The number of hydrogen-bond acceptors (Lipinski definition) is 4. The minimum atomic E-state index is -0.831. The third kappa shape index (κ3) is 7.16. The first-order valence-corrected chi connectivity index (χ1v) is 3.08. The van der Waals surface area contributed by atoms with E-state index in [0.717, 1.165) is 0 Å². The van der Waals surface area contributed by atoms with E-state index in [1.54, 1.807) is 6.92 Å². The molecule has 0 fully saturated rings. The fourth-order valence-electron chi connectivity index (χ4n) is 0.518. The predicted octanol–water partition coefficient (Wildman–Crippen LogP) is 0.356. The average Bonchev–Trinajstić information content (AvgIpc) is 1.79. The molecule has 5 nitrogen and oxygen atoms in total. The smallest absolute Gasteiger partial charge is 0.294 e. The zero-order valence-corrected chi connectivity index (χ0v) is 5.82. The van der Waals surface area contributed by atoms with Crippen LogP contribution in [0.5, 0.6) is 0 Å². The second-order valence-electron chi connectivity index (χ2n) is 2.05. The first-order valence-electron chi connectivity index (χ1n) is 3.08. The first kappa shape index (κ1) is 9.16. The molecular weight excluding hydrogens is 138 g/mol. The van der Waals surface area contributed by atoms with E-state index in [0.29, 0.717) is 12.8 Å². The lowest BCUT2D eigenvalue weighted by atomic mass is 10.2. The van der Waals surface area contributed by atoms with Crippen molar-refractivity contribution in [1.82, 2.24) is 0 Å². The van der Waals surface area contributed by atoms with E-state index in [9.17, 15) is 10.1 Å². The highest BCUT2D eigenvalue weighted by Gasteiger charge is 1.97. The summed E-state index contributed by atoms with van der Waals surface area (Å²) in [5.41, 5.74) is 0. The first-order chi connectivity index (χ1) is 4.63. The SMILES string of the molecule is CC(O)CCCO[N+](=O)[O-]. The van der Waals surface area contributed by atoms with Gasteiger partial charge in [0.05, 0.1) is 12.7 Å². The summed E-state index contributed by atoms with van der Waals surface area (Å²) in [5.74, 6) is 0. The summed E-state index contributed by atoms with van der Waals surface area (Å²) in [5, 5.41) is 17.4. The Bertz CT molecular complexity index is 104. The Morgan fingerprint density at radius 1 is 1.80 bits per heavy atom. The van der Waals surface area contributed by atoms with Gasteiger partial charge in [-0.2, -0.15) is 0 Å². The molecule has 1 atom stereocenters. The van der Waals surface area contributed by atoms with Gasteiger partial charge in [-0.25, -0.2) is 0 Å². The normalized spacial score (nSPS) is 12.6. The van der Waals surface area contributed by atoms with Crippen molar-refractivity contribution in [2.45, 2.75) is 25.9 Å². The maximum atomic E-state index is 9.56. The second kappa shape index (κ2) is 4.99. The molecule has 0 aliphatic carbocycles. The molecule has 5 heteroatoms. The average molecular weight is 149 g/mol. The Hall–Kier alpha value is -0.840. The van der Waals surface area contributed by atoms with Gasteiger partial charge in [-0.1, -0.05) is 0 Å². The number of nitrogens with zero attached hydrogens (tertiary/aromatic N) is 1. The van der Waals surface area contributed by atoms with Gasteiger partial charge < -0.3 is 9.94 Å². The van der Waals surface area contributed by atoms with Crippen LogP contribution in [0.3, 0.4) is 0 Å². The summed E-state index contributed by atoms with van der Waals surface area (Å²) < 4.78 is 0. The van der Waals surface area contributed by atoms with E-state index in [1.807, 2.05) is 0 Å². The van der Waals surface area contributed by atoms with Crippen molar-refractivity contribution in [3.05, 3.63) is 10.1 Å². The van der Waals surface area contributed by atoms with Crippen molar-refractivity contribution < 1.29 is 15.0 Å². The van der Waals surface area contributed by atoms with Gasteiger partial charge in [-0.15, -0.1) is 10.1 Å². The molecule has 0 aromatic carbocycles. The molecule has 0 saturated heterocycles. The Morgan fingerprint density at radius 2 is 2.40 bits per heavy atom. The van der Waals surface area contributed by atoms with Crippen LogP contribution in [0.25, 0.3) is 0 Å². The third-order valence-electron chi connectivity index (χ3n) is 0.963. The van der Waals surface area contributed by atoms with E-state index in [2.05, 4.69) is 4.84 Å². The van der Waals surface area contributed by atoms with Crippen molar-refractivity contribution in [2.75, 3.05) is 6.61 Å². The molecule has 0 bridgehead atoms. The van der Waals surface area contributed by atoms with Crippen LogP contribution in [0.15, 0.2) is 0 Å². The summed E-state index contributed by atoms with van der Waals surface area (Å²) in [4.78, 5) is 13.6. The molecule has 0 heterocycles. The van der Waals surface area contributed by atoms with E-state index >= 15 is 0 Å². The van der Waals surface area contributed by atoms with Crippen LogP contribution in [0.1, 0.15) is 19.8 Å². The molecule has 0 rings (SSSR count). The van der Waals surface area contributed by atoms with Crippen LogP contribution >= 0.6 is 0 Å². The van der Waals surface area contributed by atoms with E-state index in [1.165, 1.54) is 0 Å². The predicted molar refractivity (Wildman–Crippen MR) is 33.9 cm³/mol. The number of aliphatic hydroxyl groups is 1. The van der Waals surface area contributed by atoms with Crippen LogP contribution in [0.4, 0.5) is 0 Å². The van der Waals surface area contributed by atoms with Crippen LogP contribution in [0.2, 0.25) is 0 Å². The molecule has 0 aromatic heterocycles. The maximum Gasteiger partial charge on any atom is 0.294 e. The molecule has 0 radical (unpaired) electrons. The summed E-state index contributed by atoms with van der Waals surface area (Å²) in [6.45, 7) is 1.70. The fraction of sp³-hybridized carbons (Fsp3) is 1.00. The van der Waals surface area contributed by atoms with Crippen LogP contribution in [-0.4, -0.2) is 22.9 Å². The highest BCUT2D eigenvalue weighted by atomic mass is 16.9. The fourth-order valence-corrected chi connectivity index (χ4v) is 0.518. The number of aliphatic hydroxyl groups excluding tert-OH is 1. The monoisotopic (exact) mass is 149 g/mol. The molecule has 0 saturated carbocycles. The van der Waals surface area contributed by atoms with E-state index < -0.39 is 11.2 Å². The van der Waals surface area contributed by atoms with Gasteiger partial charge in [-0.3, -0.25) is 0 Å². The molecule has 0 aromatic rings. The van der Waals surface area contributed by atoms with Gasteiger partial charge in [-0.05, 0) is 19.8 Å². The highest BCUT2D eigenvalue weighted by Crippen LogP contribution is 1.95. The van der Waals surface area contributed by atoms with Gasteiger partial charge in [0.1, 0.15) is 0 Å². The van der Waals surface area contributed by atoms with Crippen molar-refractivity contribution in [3.8, 4) is 0 Å². The van der Waals surface area contributed by atoms with Gasteiger partial charge in [0, 0.05) is 0 Å². The number of rotatable bonds is 5. The largest absolute Gasteiger partial charge is 0.393 e. The summed E-state index contributed by atoms with van der Waals surface area (Å²) in [7, 11) is 0. The van der Waals surface area contributed by atoms with Crippen LogP contribution < -0.4 is 0 Å². The zero-order chi connectivity index (χ0) is 7.98. The Kier molecular flexibility index (Phi) is 4.57. The Morgan fingerprint density at radius 3 is 2.80 bits per heavy atom. The summed E-state index contributed by atoms with van der Waals surface area (Å²) in [6, 6.07) is 0. The molecule has 1 unspecified atom stereocenters. The number of hydrogen-bond donors (Lipinski definition) is 1. The van der Waals surface area contributed by atoms with Gasteiger partial charge in [0.25, 0.3) is 5.09 Å². The molecule has 0 spiro atoms. The minimum Gasteiger partial charge on any atom is -0.393 e. The Labute approximate surface area is 58.7 Å². The van der Waals surface area contributed by atoms with Crippen molar-refractivity contribution in [2.24, 2.45) is 0 Å². The molecule has 60 valence electrons. The third-order valence-corrected chi connectivity index (χ3v) is 0.963. The lowest BCUT2D eigenvalue weighted by Gasteiger charge is -2.01. The topological polar surface area (TPSA) is 72.6 Å². The summed E-state index contributed by atoms with van der Waals surface area (Å²) in [6.07, 6.45) is 0.641. The van der Waals surface area contributed by atoms with Gasteiger partial charge in [0.2, 0.25) is 0 Å². The highest BCUT2D eigenvalue weighted by molar-refractivity contribution is 4.44. The lowest BCUT2D eigenvalue weighted by Crippen LogP contribution is -2.05. The molecule has 0 amide bonds. The van der Waals surface area contributed by atoms with Gasteiger partial charge >= 0.3 is 0 Å². The molecule has 0 aliphatic rings. The lowest BCUT2D eigenvalue weighted by molar-refractivity contribution is -0.757. The second-order valence-corrected chi connectivity index (χ2v) is 2.05. The summed E-state index contributed by atoms with van der Waals surface area (Å²) >= 11 is 0. The van der Waals surface area contributed by atoms with E-state index in [4.69, 9.17) is 5.11 Å². The van der Waals surface area contributed by atoms with Gasteiger partial charge in [0.15, 0.2) is 0 Å². The van der Waals surface area contributed by atoms with Crippen molar-refractivity contribution >= 4 is 0 Å². The van der Waals surface area contributed by atoms with E-state index in [-0.39, 0.29) is 6.61 Å². The van der Waals surface area contributed by atoms with Crippen LogP contribution in [-0.2, 0) is 4.84 Å². The Balaban J connectivity index is 2.98. The minimum absolute atomic E-state index is 0.0674. The maximum absolute atomic E-state index is 9.56. The zero-order valence-electron chi connectivity index (χ0n) is 5.82. The molecular formula is C5H11NO4. The quantitative estimate of drug-likeness (QED) is 0.348.